The molecule has 0 aliphatic carbocycles. The summed E-state index contributed by atoms with van der Waals surface area (Å²) in [6.45, 7) is 2.38. The Morgan fingerprint density at radius 3 is 2.61 bits per heavy atom. The lowest BCUT2D eigenvalue weighted by atomic mass is 10.0. The van der Waals surface area contributed by atoms with Crippen molar-refractivity contribution in [2.24, 2.45) is 0 Å². The van der Waals surface area contributed by atoms with Crippen molar-refractivity contribution in [1.29, 1.82) is 0 Å². The maximum absolute atomic E-state index is 12.6. The molecular weight excluding hydrogens is 458 g/mol. The summed E-state index contributed by atoms with van der Waals surface area (Å²) in [6, 6.07) is 19.4. The van der Waals surface area contributed by atoms with Crippen molar-refractivity contribution in [3.63, 3.8) is 0 Å². The standard InChI is InChI=1S/C28H31N3O5/c1-17(29-15-27(35)20-6-8-26(34)22(12-20)16-32)9-18-5-7-24-21(10-18)13-25(31-24)28(36)30-14-19-3-2-4-23(33)11-19/h2-8,10-13,17,27,29,31-35H,9,14-16H2,1H3,(H,30,36). The molecule has 8 nitrogen and oxygen atoms in total. The largest absolute Gasteiger partial charge is 0.508 e. The third kappa shape index (κ3) is 6.23. The molecule has 2 unspecified atom stereocenters. The number of carbonyl (C=O) groups excluding carboxylic acids is 1. The first kappa shape index (κ1) is 25.2. The first-order valence-corrected chi connectivity index (χ1v) is 11.8. The highest BCUT2D eigenvalue weighted by molar-refractivity contribution is 5.98. The lowest BCUT2D eigenvalue weighted by molar-refractivity contribution is 0.0946. The lowest BCUT2D eigenvalue weighted by Gasteiger charge is -2.18. The van der Waals surface area contributed by atoms with Crippen molar-refractivity contribution in [3.05, 3.63) is 94.7 Å². The number of fused-ring (bicyclic) bond motifs is 1. The fraction of sp³-hybridized carbons (Fsp3) is 0.250. The van der Waals surface area contributed by atoms with Gasteiger partial charge in [-0.05, 0) is 72.5 Å². The van der Waals surface area contributed by atoms with Gasteiger partial charge in [0.2, 0.25) is 0 Å². The molecular formula is C28H31N3O5. The fourth-order valence-electron chi connectivity index (χ4n) is 4.17. The number of amides is 1. The second kappa shape index (κ2) is 11.3. The molecule has 1 aromatic heterocycles. The first-order valence-electron chi connectivity index (χ1n) is 11.8. The number of aliphatic hydroxyl groups excluding tert-OH is 2. The minimum atomic E-state index is -0.772. The minimum absolute atomic E-state index is 0.00653. The smallest absolute Gasteiger partial charge is 0.267 e. The quantitative estimate of drug-likeness (QED) is 0.183. The molecule has 4 aromatic rings. The Kier molecular flexibility index (Phi) is 7.90. The number of benzene rings is 3. The average molecular weight is 490 g/mol. The number of hydrogen-bond donors (Lipinski definition) is 7. The molecule has 1 amide bonds. The Bertz CT molecular complexity index is 1350. The van der Waals surface area contributed by atoms with Crippen LogP contribution in [0.4, 0.5) is 0 Å². The van der Waals surface area contributed by atoms with E-state index >= 15 is 0 Å². The van der Waals surface area contributed by atoms with Crippen LogP contribution in [0.15, 0.2) is 66.7 Å². The van der Waals surface area contributed by atoms with Gasteiger partial charge in [-0.2, -0.15) is 0 Å². The van der Waals surface area contributed by atoms with Crippen LogP contribution in [0.2, 0.25) is 0 Å². The SMILES string of the molecule is CC(Cc1ccc2[nH]c(C(=O)NCc3cccc(O)c3)cc2c1)NCC(O)c1ccc(O)c(CO)c1. The van der Waals surface area contributed by atoms with E-state index in [1.54, 1.807) is 30.3 Å². The van der Waals surface area contributed by atoms with Crippen molar-refractivity contribution >= 4 is 16.8 Å². The van der Waals surface area contributed by atoms with Gasteiger partial charge in [-0.25, -0.2) is 0 Å². The Labute approximate surface area is 209 Å². The highest BCUT2D eigenvalue weighted by atomic mass is 16.3. The summed E-state index contributed by atoms with van der Waals surface area (Å²) in [5.41, 5.74) is 4.24. The van der Waals surface area contributed by atoms with Gasteiger partial charge in [-0.3, -0.25) is 4.79 Å². The molecule has 188 valence electrons. The third-order valence-electron chi connectivity index (χ3n) is 6.15. The Morgan fingerprint density at radius 2 is 1.83 bits per heavy atom. The maximum atomic E-state index is 12.6. The van der Waals surface area contributed by atoms with Gasteiger partial charge < -0.3 is 36.0 Å². The van der Waals surface area contributed by atoms with Crippen LogP contribution in [-0.2, 0) is 19.6 Å². The third-order valence-corrected chi connectivity index (χ3v) is 6.15. The van der Waals surface area contributed by atoms with Gasteiger partial charge in [0, 0.05) is 35.6 Å². The molecule has 4 rings (SSSR count). The maximum Gasteiger partial charge on any atom is 0.267 e. The van der Waals surface area contributed by atoms with Gasteiger partial charge in [0.05, 0.1) is 12.7 Å². The van der Waals surface area contributed by atoms with Gasteiger partial charge in [-0.1, -0.05) is 24.3 Å². The van der Waals surface area contributed by atoms with Gasteiger partial charge in [-0.15, -0.1) is 0 Å². The van der Waals surface area contributed by atoms with Crippen molar-refractivity contribution in [3.8, 4) is 11.5 Å². The number of aromatic hydroxyl groups is 2. The first-order chi connectivity index (χ1) is 17.3. The summed E-state index contributed by atoms with van der Waals surface area (Å²) in [5, 5.41) is 46.2. The number of aromatic amines is 1. The summed E-state index contributed by atoms with van der Waals surface area (Å²) >= 11 is 0. The summed E-state index contributed by atoms with van der Waals surface area (Å²) in [4.78, 5) is 15.7. The Hall–Kier alpha value is -3.85. The average Bonchev–Trinajstić information content (AvgIpc) is 3.30. The number of hydrogen-bond acceptors (Lipinski definition) is 6. The number of carbonyl (C=O) groups is 1. The Balaban J connectivity index is 1.33. The molecule has 0 spiro atoms. The molecule has 0 aliphatic heterocycles. The number of aliphatic hydroxyl groups is 2. The van der Waals surface area contributed by atoms with Gasteiger partial charge >= 0.3 is 0 Å². The van der Waals surface area contributed by atoms with Crippen molar-refractivity contribution in [2.75, 3.05) is 6.54 Å². The molecule has 0 aliphatic rings. The van der Waals surface area contributed by atoms with Crippen LogP contribution < -0.4 is 10.6 Å². The molecule has 0 fully saturated rings. The fourth-order valence-corrected chi connectivity index (χ4v) is 4.17. The number of H-pyrrole nitrogens is 1. The molecule has 0 bridgehead atoms. The van der Waals surface area contributed by atoms with Gasteiger partial charge in [0.1, 0.15) is 17.2 Å². The highest BCUT2D eigenvalue weighted by Gasteiger charge is 2.14. The van der Waals surface area contributed by atoms with Crippen molar-refractivity contribution < 1.29 is 25.2 Å². The van der Waals surface area contributed by atoms with Crippen molar-refractivity contribution in [1.82, 2.24) is 15.6 Å². The molecule has 7 N–H and O–H groups in total. The van der Waals surface area contributed by atoms with Crippen LogP contribution in [0.1, 0.15) is 45.8 Å². The van der Waals surface area contributed by atoms with Gasteiger partial charge in [0.25, 0.3) is 5.91 Å². The lowest BCUT2D eigenvalue weighted by Crippen LogP contribution is -2.32. The van der Waals surface area contributed by atoms with E-state index < -0.39 is 6.10 Å². The number of phenols is 2. The zero-order chi connectivity index (χ0) is 25.7. The molecule has 0 saturated heterocycles. The second-order valence-corrected chi connectivity index (χ2v) is 9.03. The predicted molar refractivity (Wildman–Crippen MR) is 138 cm³/mol. The monoisotopic (exact) mass is 489 g/mol. The van der Waals surface area contributed by atoms with E-state index in [1.165, 1.54) is 6.07 Å². The van der Waals surface area contributed by atoms with Gasteiger partial charge in [0.15, 0.2) is 0 Å². The number of nitrogens with one attached hydrogen (secondary N) is 3. The Morgan fingerprint density at radius 1 is 1.00 bits per heavy atom. The van der Waals surface area contributed by atoms with Crippen LogP contribution in [0.5, 0.6) is 11.5 Å². The van der Waals surface area contributed by atoms with Crippen LogP contribution in [0.3, 0.4) is 0 Å². The number of phenolic OH excluding ortho intramolecular Hbond substituents is 1. The van der Waals surface area contributed by atoms with E-state index in [-0.39, 0.29) is 30.1 Å². The van der Waals surface area contributed by atoms with E-state index in [2.05, 4.69) is 15.6 Å². The molecule has 8 heteroatoms. The van der Waals surface area contributed by atoms with E-state index in [9.17, 15) is 25.2 Å². The van der Waals surface area contributed by atoms with Crippen LogP contribution in [0, 0.1) is 0 Å². The van der Waals surface area contributed by atoms with E-state index in [1.807, 2.05) is 37.3 Å². The van der Waals surface area contributed by atoms with E-state index in [4.69, 9.17) is 0 Å². The van der Waals surface area contributed by atoms with E-state index in [0.717, 1.165) is 28.5 Å². The molecule has 1 heterocycles. The summed E-state index contributed by atoms with van der Waals surface area (Å²) in [6.07, 6.45) is -0.0453. The van der Waals surface area contributed by atoms with Crippen LogP contribution >= 0.6 is 0 Å². The summed E-state index contributed by atoms with van der Waals surface area (Å²) in [7, 11) is 0. The molecule has 0 radical (unpaired) electrons. The second-order valence-electron chi connectivity index (χ2n) is 9.03. The number of rotatable bonds is 10. The molecule has 36 heavy (non-hydrogen) atoms. The minimum Gasteiger partial charge on any atom is -0.508 e. The van der Waals surface area contributed by atoms with E-state index in [0.29, 0.717) is 29.9 Å². The topological polar surface area (TPSA) is 138 Å². The number of aromatic nitrogens is 1. The zero-order valence-electron chi connectivity index (χ0n) is 20.0. The van der Waals surface area contributed by atoms with Crippen molar-refractivity contribution in [2.45, 2.75) is 38.6 Å². The zero-order valence-corrected chi connectivity index (χ0v) is 20.0. The summed E-state index contributed by atoms with van der Waals surface area (Å²) in [5.74, 6) is -0.0555. The molecule has 3 aromatic carbocycles. The molecule has 2 atom stereocenters. The predicted octanol–water partition coefficient (Wildman–Crippen LogP) is 3.26. The molecule has 0 saturated carbocycles. The van der Waals surface area contributed by atoms with Crippen LogP contribution in [-0.4, -0.2) is 43.9 Å². The normalized spacial score (nSPS) is 13.0. The summed E-state index contributed by atoms with van der Waals surface area (Å²) < 4.78 is 0. The highest BCUT2D eigenvalue weighted by Crippen LogP contribution is 2.23. The van der Waals surface area contributed by atoms with Crippen LogP contribution in [0.25, 0.3) is 10.9 Å².